The molecule has 3 heteroatoms. The predicted octanol–water partition coefficient (Wildman–Crippen LogP) is 3.55. The summed E-state index contributed by atoms with van der Waals surface area (Å²) < 4.78 is -0.586. The van der Waals surface area contributed by atoms with Crippen molar-refractivity contribution >= 4 is 29.0 Å². The smallest absolute Gasteiger partial charge is 0.159 e. The van der Waals surface area contributed by atoms with E-state index < -0.39 is 4.33 Å². The number of Topliss-reactive ketones (excluding diaryl/α,β-unsaturated/α-hetero) is 1. The molecule has 0 aliphatic heterocycles. The number of alkyl halides is 2. The fraction of sp³-hybridized carbons (Fsp3) is 0.364. The Balaban J connectivity index is 2.20. The average molecular weight is 229 g/mol. The lowest BCUT2D eigenvalue weighted by atomic mass is 10.1. The Morgan fingerprint density at radius 1 is 1.36 bits per heavy atom. The van der Waals surface area contributed by atoms with E-state index in [0.29, 0.717) is 0 Å². The van der Waals surface area contributed by atoms with Gasteiger partial charge in [-0.1, -0.05) is 24.3 Å². The van der Waals surface area contributed by atoms with Gasteiger partial charge in [-0.15, -0.1) is 23.2 Å². The summed E-state index contributed by atoms with van der Waals surface area (Å²) in [6.07, 6.45) is 0.801. The topological polar surface area (TPSA) is 17.1 Å². The highest BCUT2D eigenvalue weighted by Gasteiger charge is 2.52. The van der Waals surface area contributed by atoms with Gasteiger partial charge in [0.25, 0.3) is 0 Å². The van der Waals surface area contributed by atoms with E-state index in [9.17, 15) is 4.79 Å². The van der Waals surface area contributed by atoms with Gasteiger partial charge in [0.15, 0.2) is 5.78 Å². The molecule has 1 saturated carbocycles. The van der Waals surface area contributed by atoms with Crippen LogP contribution in [-0.2, 0) is 0 Å². The van der Waals surface area contributed by atoms with Gasteiger partial charge < -0.3 is 0 Å². The van der Waals surface area contributed by atoms with E-state index in [4.69, 9.17) is 23.2 Å². The molecule has 1 fully saturated rings. The van der Waals surface area contributed by atoms with Crippen LogP contribution in [0.1, 0.15) is 35.2 Å². The van der Waals surface area contributed by atoms with Crippen molar-refractivity contribution in [3.63, 3.8) is 0 Å². The minimum atomic E-state index is -0.586. The monoisotopic (exact) mass is 228 g/mol. The molecular weight excluding hydrogens is 219 g/mol. The lowest BCUT2D eigenvalue weighted by Gasteiger charge is -2.01. The second kappa shape index (κ2) is 3.25. The van der Waals surface area contributed by atoms with Gasteiger partial charge in [-0.25, -0.2) is 0 Å². The quantitative estimate of drug-likeness (QED) is 0.559. The van der Waals surface area contributed by atoms with Crippen molar-refractivity contribution in [3.8, 4) is 0 Å². The van der Waals surface area contributed by atoms with Crippen LogP contribution in [0.15, 0.2) is 24.3 Å². The third kappa shape index (κ3) is 1.79. The van der Waals surface area contributed by atoms with Crippen LogP contribution in [0.25, 0.3) is 0 Å². The number of hydrogen-bond acceptors (Lipinski definition) is 1. The first-order valence-corrected chi connectivity index (χ1v) is 5.25. The molecule has 0 bridgehead atoms. The number of carbonyl (C=O) groups excluding carboxylic acids is 1. The molecule has 1 aromatic carbocycles. The van der Waals surface area contributed by atoms with Crippen LogP contribution in [-0.4, -0.2) is 10.1 Å². The molecule has 1 aliphatic rings. The SMILES string of the molecule is CC(=O)c1ccc(C2CC2(Cl)Cl)cc1. The zero-order valence-electron chi connectivity index (χ0n) is 7.76. The van der Waals surface area contributed by atoms with Gasteiger partial charge >= 0.3 is 0 Å². The molecule has 0 heterocycles. The molecule has 14 heavy (non-hydrogen) atoms. The summed E-state index contributed by atoms with van der Waals surface area (Å²) in [5, 5.41) is 0. The predicted molar refractivity (Wildman–Crippen MR) is 58.2 cm³/mol. The maximum absolute atomic E-state index is 11.0. The Hall–Kier alpha value is -0.530. The Bertz CT molecular complexity index is 367. The normalized spacial score (nSPS) is 23.2. The summed E-state index contributed by atoms with van der Waals surface area (Å²) in [5.41, 5.74) is 1.84. The van der Waals surface area contributed by atoms with E-state index in [-0.39, 0.29) is 11.7 Å². The summed E-state index contributed by atoms with van der Waals surface area (Å²) >= 11 is 11.9. The Kier molecular flexibility index (Phi) is 2.32. The van der Waals surface area contributed by atoms with Crippen molar-refractivity contribution in [2.75, 3.05) is 0 Å². The minimum absolute atomic E-state index is 0.0790. The van der Waals surface area contributed by atoms with E-state index >= 15 is 0 Å². The maximum atomic E-state index is 11.0. The zero-order chi connectivity index (χ0) is 10.3. The summed E-state index contributed by atoms with van der Waals surface area (Å²) in [6, 6.07) is 7.49. The molecule has 1 nitrogen and oxygen atoms in total. The number of halogens is 2. The Labute approximate surface area is 93.0 Å². The van der Waals surface area contributed by atoms with Crippen molar-refractivity contribution in [2.45, 2.75) is 23.6 Å². The van der Waals surface area contributed by atoms with Crippen LogP contribution in [0.3, 0.4) is 0 Å². The summed E-state index contributed by atoms with van der Waals surface area (Å²) in [7, 11) is 0. The highest BCUT2D eigenvalue weighted by atomic mass is 35.5. The number of hydrogen-bond donors (Lipinski definition) is 0. The van der Waals surface area contributed by atoms with Crippen molar-refractivity contribution in [1.29, 1.82) is 0 Å². The van der Waals surface area contributed by atoms with Crippen LogP contribution < -0.4 is 0 Å². The Morgan fingerprint density at radius 3 is 2.21 bits per heavy atom. The van der Waals surface area contributed by atoms with Gasteiger partial charge in [0.1, 0.15) is 4.33 Å². The van der Waals surface area contributed by atoms with E-state index in [2.05, 4.69) is 0 Å². The molecule has 0 amide bonds. The fourth-order valence-electron chi connectivity index (χ4n) is 1.53. The third-order valence-electron chi connectivity index (χ3n) is 2.55. The standard InChI is InChI=1S/C11H10Cl2O/c1-7(14)8-2-4-9(5-3-8)10-6-11(10,12)13/h2-5,10H,6H2,1H3. The second-order valence-corrected chi connectivity index (χ2v) is 5.24. The first kappa shape index (κ1) is 10.0. The van der Waals surface area contributed by atoms with Crippen molar-refractivity contribution in [3.05, 3.63) is 35.4 Å². The van der Waals surface area contributed by atoms with Crippen molar-refractivity contribution in [2.24, 2.45) is 0 Å². The molecule has 0 saturated heterocycles. The van der Waals surface area contributed by atoms with Crippen LogP contribution in [0.2, 0.25) is 0 Å². The molecule has 0 aromatic heterocycles. The van der Waals surface area contributed by atoms with Crippen LogP contribution in [0.4, 0.5) is 0 Å². The molecule has 0 spiro atoms. The number of rotatable bonds is 2. The first-order chi connectivity index (χ1) is 6.50. The second-order valence-electron chi connectivity index (χ2n) is 3.70. The van der Waals surface area contributed by atoms with E-state index in [1.54, 1.807) is 6.92 Å². The minimum Gasteiger partial charge on any atom is -0.295 e. The molecule has 2 rings (SSSR count). The van der Waals surface area contributed by atoms with Gasteiger partial charge in [-0.3, -0.25) is 4.79 Å². The van der Waals surface area contributed by atoms with Gasteiger partial charge in [0.2, 0.25) is 0 Å². The highest BCUT2D eigenvalue weighted by molar-refractivity contribution is 6.51. The number of benzene rings is 1. The molecule has 1 atom stereocenters. The van der Waals surface area contributed by atoms with Crippen molar-refractivity contribution < 1.29 is 4.79 Å². The zero-order valence-corrected chi connectivity index (χ0v) is 9.27. The van der Waals surface area contributed by atoms with Crippen molar-refractivity contribution in [1.82, 2.24) is 0 Å². The first-order valence-electron chi connectivity index (χ1n) is 4.49. The van der Waals surface area contributed by atoms with Crippen LogP contribution in [0.5, 0.6) is 0 Å². The van der Waals surface area contributed by atoms with E-state index in [0.717, 1.165) is 17.5 Å². The van der Waals surface area contributed by atoms with Crippen LogP contribution >= 0.6 is 23.2 Å². The number of carbonyl (C=O) groups is 1. The molecule has 0 radical (unpaired) electrons. The van der Waals surface area contributed by atoms with Crippen LogP contribution in [0, 0.1) is 0 Å². The lowest BCUT2D eigenvalue weighted by molar-refractivity contribution is 0.101. The molecule has 1 unspecified atom stereocenters. The van der Waals surface area contributed by atoms with Gasteiger partial charge in [0.05, 0.1) is 0 Å². The highest BCUT2D eigenvalue weighted by Crippen LogP contribution is 2.59. The van der Waals surface area contributed by atoms with Gasteiger partial charge in [0, 0.05) is 11.5 Å². The fourth-order valence-corrected chi connectivity index (χ4v) is 2.09. The maximum Gasteiger partial charge on any atom is 0.159 e. The van der Waals surface area contributed by atoms with E-state index in [1.165, 1.54) is 0 Å². The largest absolute Gasteiger partial charge is 0.295 e. The number of ketones is 1. The Morgan fingerprint density at radius 2 is 1.86 bits per heavy atom. The van der Waals surface area contributed by atoms with Gasteiger partial charge in [-0.05, 0) is 18.9 Å². The average Bonchev–Trinajstić information content (AvgIpc) is 2.75. The summed E-state index contributed by atoms with van der Waals surface area (Å²) in [4.78, 5) is 11.0. The molecule has 1 aliphatic carbocycles. The molecule has 74 valence electrons. The lowest BCUT2D eigenvalue weighted by Crippen LogP contribution is -1.93. The molecular formula is C11H10Cl2O. The van der Waals surface area contributed by atoms with E-state index in [1.807, 2.05) is 24.3 Å². The summed E-state index contributed by atoms with van der Waals surface area (Å²) in [5.74, 6) is 0.308. The third-order valence-corrected chi connectivity index (χ3v) is 3.38. The molecule has 0 N–H and O–H groups in total. The van der Waals surface area contributed by atoms with Gasteiger partial charge in [-0.2, -0.15) is 0 Å². The molecule has 1 aromatic rings. The summed E-state index contributed by atoms with van der Waals surface area (Å²) in [6.45, 7) is 1.56.